The molecule has 0 aromatic heterocycles. The summed E-state index contributed by atoms with van der Waals surface area (Å²) in [5.74, 6) is 0. The molecule has 1 unspecified atom stereocenters. The van der Waals surface area contributed by atoms with Crippen LogP contribution in [0.5, 0.6) is 0 Å². The van der Waals surface area contributed by atoms with E-state index in [1.807, 2.05) is 0 Å². The standard InChI is InChI=1S/C17H20N2/c18-16-11-13-19(17-9-5-4-8-15(16)17)12-10-14-6-2-1-3-7-14/h1-9,16H,10-13,18H2. The van der Waals surface area contributed by atoms with Crippen LogP contribution < -0.4 is 10.6 Å². The molecule has 2 aromatic carbocycles. The monoisotopic (exact) mass is 252 g/mol. The van der Waals surface area contributed by atoms with Crippen molar-refractivity contribution in [3.8, 4) is 0 Å². The number of fused-ring (bicyclic) bond motifs is 1. The summed E-state index contributed by atoms with van der Waals surface area (Å²) in [6.45, 7) is 2.12. The Morgan fingerprint density at radius 2 is 1.74 bits per heavy atom. The van der Waals surface area contributed by atoms with Crippen molar-refractivity contribution in [3.05, 3.63) is 65.7 Å². The van der Waals surface area contributed by atoms with E-state index in [4.69, 9.17) is 5.73 Å². The van der Waals surface area contributed by atoms with Crippen molar-refractivity contribution in [2.75, 3.05) is 18.0 Å². The number of hydrogen-bond donors (Lipinski definition) is 1. The third-order valence-corrected chi connectivity index (χ3v) is 3.90. The fourth-order valence-corrected chi connectivity index (χ4v) is 2.80. The van der Waals surface area contributed by atoms with Crippen LogP contribution in [0.2, 0.25) is 0 Å². The lowest BCUT2D eigenvalue weighted by atomic mass is 9.97. The smallest absolute Gasteiger partial charge is 0.0414 e. The van der Waals surface area contributed by atoms with Crippen molar-refractivity contribution in [3.63, 3.8) is 0 Å². The highest BCUT2D eigenvalue weighted by Crippen LogP contribution is 2.31. The van der Waals surface area contributed by atoms with Crippen LogP contribution in [-0.4, -0.2) is 13.1 Å². The quantitative estimate of drug-likeness (QED) is 0.909. The zero-order valence-electron chi connectivity index (χ0n) is 11.1. The number of para-hydroxylation sites is 1. The lowest BCUT2D eigenvalue weighted by molar-refractivity contribution is 0.591. The summed E-state index contributed by atoms with van der Waals surface area (Å²) in [4.78, 5) is 2.46. The molecule has 0 fully saturated rings. The molecule has 0 amide bonds. The zero-order valence-corrected chi connectivity index (χ0v) is 11.1. The lowest BCUT2D eigenvalue weighted by Crippen LogP contribution is -2.35. The van der Waals surface area contributed by atoms with Gasteiger partial charge in [0.05, 0.1) is 0 Å². The third kappa shape index (κ3) is 2.64. The van der Waals surface area contributed by atoms with Crippen LogP contribution in [0, 0.1) is 0 Å². The molecule has 0 saturated heterocycles. The Bertz CT molecular complexity index is 536. The Balaban J connectivity index is 1.74. The SMILES string of the molecule is NC1CCN(CCc2ccccc2)c2ccccc21. The van der Waals surface area contributed by atoms with Crippen LogP contribution in [0.15, 0.2) is 54.6 Å². The maximum atomic E-state index is 6.19. The number of rotatable bonds is 3. The van der Waals surface area contributed by atoms with Crippen molar-refractivity contribution in [1.29, 1.82) is 0 Å². The van der Waals surface area contributed by atoms with Crippen LogP contribution in [-0.2, 0) is 6.42 Å². The van der Waals surface area contributed by atoms with Crippen LogP contribution in [0.25, 0.3) is 0 Å². The maximum absolute atomic E-state index is 6.19. The zero-order chi connectivity index (χ0) is 13.1. The summed E-state index contributed by atoms with van der Waals surface area (Å²) < 4.78 is 0. The summed E-state index contributed by atoms with van der Waals surface area (Å²) >= 11 is 0. The largest absolute Gasteiger partial charge is 0.371 e. The molecule has 0 saturated carbocycles. The van der Waals surface area contributed by atoms with Gasteiger partial charge in [-0.25, -0.2) is 0 Å². The van der Waals surface area contributed by atoms with E-state index in [0.717, 1.165) is 25.9 Å². The highest BCUT2D eigenvalue weighted by atomic mass is 15.1. The van der Waals surface area contributed by atoms with Gasteiger partial charge in [0.2, 0.25) is 0 Å². The second-order valence-electron chi connectivity index (χ2n) is 5.18. The number of benzene rings is 2. The number of nitrogens with zero attached hydrogens (tertiary/aromatic N) is 1. The molecule has 2 heteroatoms. The van der Waals surface area contributed by atoms with Gasteiger partial charge in [0, 0.05) is 24.8 Å². The predicted molar refractivity (Wildman–Crippen MR) is 80.3 cm³/mol. The Morgan fingerprint density at radius 1 is 1.00 bits per heavy atom. The van der Waals surface area contributed by atoms with Gasteiger partial charge in [0.25, 0.3) is 0 Å². The molecule has 0 aliphatic carbocycles. The minimum absolute atomic E-state index is 0.198. The van der Waals surface area contributed by atoms with Gasteiger partial charge in [-0.2, -0.15) is 0 Å². The molecular weight excluding hydrogens is 232 g/mol. The van der Waals surface area contributed by atoms with Crippen LogP contribution in [0.3, 0.4) is 0 Å². The van der Waals surface area contributed by atoms with Crippen LogP contribution >= 0.6 is 0 Å². The van der Waals surface area contributed by atoms with Gasteiger partial charge in [0.15, 0.2) is 0 Å². The summed E-state index contributed by atoms with van der Waals surface area (Å²) in [7, 11) is 0. The van der Waals surface area contributed by atoms with Crippen molar-refractivity contribution in [1.82, 2.24) is 0 Å². The molecule has 98 valence electrons. The molecule has 2 N–H and O–H groups in total. The lowest BCUT2D eigenvalue weighted by Gasteiger charge is -2.34. The van der Waals surface area contributed by atoms with E-state index < -0.39 is 0 Å². The van der Waals surface area contributed by atoms with Crippen molar-refractivity contribution >= 4 is 5.69 Å². The van der Waals surface area contributed by atoms with Crippen molar-refractivity contribution in [2.45, 2.75) is 18.9 Å². The Morgan fingerprint density at radius 3 is 2.58 bits per heavy atom. The molecule has 19 heavy (non-hydrogen) atoms. The molecule has 3 rings (SSSR count). The summed E-state index contributed by atoms with van der Waals surface area (Å²) in [6, 6.07) is 19.4. The second-order valence-corrected chi connectivity index (χ2v) is 5.18. The van der Waals surface area contributed by atoms with Gasteiger partial charge in [0.1, 0.15) is 0 Å². The molecule has 0 radical (unpaired) electrons. The molecule has 1 atom stereocenters. The minimum atomic E-state index is 0.198. The van der Waals surface area contributed by atoms with E-state index in [0.29, 0.717) is 0 Å². The predicted octanol–water partition coefficient (Wildman–Crippen LogP) is 3.14. The van der Waals surface area contributed by atoms with Gasteiger partial charge in [-0.05, 0) is 30.0 Å². The number of anilines is 1. The second kappa shape index (κ2) is 5.45. The topological polar surface area (TPSA) is 29.3 Å². The fourth-order valence-electron chi connectivity index (χ4n) is 2.80. The molecule has 2 nitrogen and oxygen atoms in total. The fraction of sp³-hybridized carbons (Fsp3) is 0.294. The van der Waals surface area contributed by atoms with Gasteiger partial charge in [-0.1, -0.05) is 48.5 Å². The molecule has 1 heterocycles. The first-order valence-electron chi connectivity index (χ1n) is 6.98. The summed E-state index contributed by atoms with van der Waals surface area (Å²) in [6.07, 6.45) is 2.14. The first-order valence-corrected chi connectivity index (χ1v) is 6.98. The molecule has 1 aliphatic rings. The summed E-state index contributed by atoms with van der Waals surface area (Å²) in [5, 5.41) is 0. The molecule has 0 spiro atoms. The highest BCUT2D eigenvalue weighted by molar-refractivity contribution is 5.56. The van der Waals surface area contributed by atoms with E-state index in [1.165, 1.54) is 16.8 Å². The van der Waals surface area contributed by atoms with Gasteiger partial charge < -0.3 is 10.6 Å². The normalized spacial score (nSPS) is 18.2. The Kier molecular flexibility index (Phi) is 3.51. The van der Waals surface area contributed by atoms with Crippen molar-refractivity contribution < 1.29 is 0 Å². The molecule has 1 aliphatic heterocycles. The van der Waals surface area contributed by atoms with E-state index in [1.54, 1.807) is 0 Å². The molecule has 0 bridgehead atoms. The van der Waals surface area contributed by atoms with E-state index in [-0.39, 0.29) is 6.04 Å². The third-order valence-electron chi connectivity index (χ3n) is 3.90. The number of hydrogen-bond acceptors (Lipinski definition) is 2. The first kappa shape index (κ1) is 12.2. The van der Waals surface area contributed by atoms with Crippen LogP contribution in [0.1, 0.15) is 23.6 Å². The Hall–Kier alpha value is -1.80. The summed E-state index contributed by atoms with van der Waals surface area (Å²) in [5.41, 5.74) is 10.2. The van der Waals surface area contributed by atoms with Crippen LogP contribution in [0.4, 0.5) is 5.69 Å². The minimum Gasteiger partial charge on any atom is -0.371 e. The van der Waals surface area contributed by atoms with Gasteiger partial charge in [-0.3, -0.25) is 0 Å². The van der Waals surface area contributed by atoms with E-state index in [2.05, 4.69) is 59.5 Å². The van der Waals surface area contributed by atoms with E-state index in [9.17, 15) is 0 Å². The first-order chi connectivity index (χ1) is 9.34. The van der Waals surface area contributed by atoms with E-state index >= 15 is 0 Å². The maximum Gasteiger partial charge on any atom is 0.0414 e. The Labute approximate surface area is 114 Å². The average molecular weight is 252 g/mol. The highest BCUT2D eigenvalue weighted by Gasteiger charge is 2.21. The van der Waals surface area contributed by atoms with Gasteiger partial charge in [-0.15, -0.1) is 0 Å². The van der Waals surface area contributed by atoms with Gasteiger partial charge >= 0.3 is 0 Å². The number of nitrogens with two attached hydrogens (primary N) is 1. The molecule has 2 aromatic rings. The van der Waals surface area contributed by atoms with Crippen molar-refractivity contribution in [2.24, 2.45) is 5.73 Å². The molecular formula is C17H20N2. The average Bonchev–Trinajstić information content (AvgIpc) is 2.48.